The summed E-state index contributed by atoms with van der Waals surface area (Å²) in [6, 6.07) is 20.5. The van der Waals surface area contributed by atoms with Crippen LogP contribution in [0.5, 0.6) is 0 Å². The van der Waals surface area contributed by atoms with Crippen LogP contribution in [0.2, 0.25) is 0 Å². The number of benzene rings is 2. The van der Waals surface area contributed by atoms with Gasteiger partial charge in [0, 0.05) is 6.04 Å². The molecule has 0 saturated heterocycles. The van der Waals surface area contributed by atoms with Gasteiger partial charge in [-0.2, -0.15) is 0 Å². The highest BCUT2D eigenvalue weighted by Crippen LogP contribution is 2.18. The van der Waals surface area contributed by atoms with Gasteiger partial charge in [0.25, 0.3) is 0 Å². The Labute approximate surface area is 119 Å². The number of nitrogens with one attached hydrogen (secondary N) is 1. The smallest absolute Gasteiger partial charge is 0.319 e. The number of methoxy groups -OCH3 is 1. The van der Waals surface area contributed by atoms with Crippen molar-refractivity contribution in [2.45, 2.75) is 12.5 Å². The lowest BCUT2D eigenvalue weighted by Crippen LogP contribution is -2.29. The molecule has 20 heavy (non-hydrogen) atoms. The minimum atomic E-state index is -0.251. The van der Waals surface area contributed by atoms with E-state index in [4.69, 9.17) is 0 Å². The highest BCUT2D eigenvalue weighted by molar-refractivity contribution is 5.71. The Morgan fingerprint density at radius 2 is 1.65 bits per heavy atom. The van der Waals surface area contributed by atoms with Crippen LogP contribution in [0.4, 0.5) is 0 Å². The van der Waals surface area contributed by atoms with Crippen LogP contribution in [0.15, 0.2) is 60.7 Å². The maximum absolute atomic E-state index is 11.3. The van der Waals surface area contributed by atoms with E-state index in [1.165, 1.54) is 18.2 Å². The molecule has 0 aromatic heterocycles. The molecule has 2 rings (SSSR count). The monoisotopic (exact) mass is 269 g/mol. The molecule has 104 valence electrons. The molecule has 2 aromatic carbocycles. The molecule has 0 bridgehead atoms. The topological polar surface area (TPSA) is 38.3 Å². The summed E-state index contributed by atoms with van der Waals surface area (Å²) in [4.78, 5) is 11.3. The van der Waals surface area contributed by atoms with Gasteiger partial charge in [-0.3, -0.25) is 10.1 Å². The van der Waals surface area contributed by atoms with E-state index in [1.807, 2.05) is 36.4 Å². The summed E-state index contributed by atoms with van der Waals surface area (Å²) >= 11 is 0. The van der Waals surface area contributed by atoms with E-state index in [0.29, 0.717) is 0 Å². The maximum Gasteiger partial charge on any atom is 0.319 e. The maximum atomic E-state index is 11.3. The van der Waals surface area contributed by atoms with E-state index < -0.39 is 0 Å². The second-order valence-corrected chi connectivity index (χ2v) is 4.61. The molecule has 0 spiro atoms. The minimum absolute atomic E-state index is 0.0951. The molecule has 0 aliphatic heterocycles. The fourth-order valence-corrected chi connectivity index (χ4v) is 2.12. The molecule has 3 nitrogen and oxygen atoms in total. The van der Waals surface area contributed by atoms with Crippen molar-refractivity contribution in [3.63, 3.8) is 0 Å². The molecular weight excluding hydrogens is 250 g/mol. The van der Waals surface area contributed by atoms with Gasteiger partial charge in [0.1, 0.15) is 0 Å². The predicted molar refractivity (Wildman–Crippen MR) is 79.3 cm³/mol. The summed E-state index contributed by atoms with van der Waals surface area (Å²) in [7, 11) is 1.40. The molecule has 0 aliphatic carbocycles. The number of hydrogen-bond donors (Lipinski definition) is 1. The van der Waals surface area contributed by atoms with Crippen LogP contribution in [-0.2, 0) is 16.0 Å². The number of carbonyl (C=O) groups excluding carboxylic acids is 1. The Bertz CT molecular complexity index is 525. The first kappa shape index (κ1) is 14.3. The molecule has 0 saturated carbocycles. The summed E-state index contributed by atoms with van der Waals surface area (Å²) < 4.78 is 4.69. The molecule has 3 heteroatoms. The van der Waals surface area contributed by atoms with Crippen molar-refractivity contribution >= 4 is 5.97 Å². The zero-order chi connectivity index (χ0) is 14.2. The van der Waals surface area contributed by atoms with Crippen LogP contribution < -0.4 is 5.32 Å². The summed E-state index contributed by atoms with van der Waals surface area (Å²) in [6.07, 6.45) is 0.835. The molecule has 0 amide bonds. The van der Waals surface area contributed by atoms with Gasteiger partial charge in [0.05, 0.1) is 13.7 Å². The van der Waals surface area contributed by atoms with Crippen LogP contribution in [0, 0.1) is 0 Å². The van der Waals surface area contributed by atoms with E-state index in [2.05, 4.69) is 34.3 Å². The average molecular weight is 269 g/mol. The Kier molecular flexibility index (Phi) is 5.33. The zero-order valence-corrected chi connectivity index (χ0v) is 11.6. The minimum Gasteiger partial charge on any atom is -0.468 e. The van der Waals surface area contributed by atoms with Gasteiger partial charge in [0.15, 0.2) is 0 Å². The summed E-state index contributed by atoms with van der Waals surface area (Å²) in [5.74, 6) is -0.251. The van der Waals surface area contributed by atoms with Gasteiger partial charge < -0.3 is 4.74 Å². The summed E-state index contributed by atoms with van der Waals surface area (Å²) in [6.45, 7) is 0.211. The summed E-state index contributed by atoms with van der Waals surface area (Å²) in [5, 5.41) is 3.26. The average Bonchev–Trinajstić information content (AvgIpc) is 2.53. The Balaban J connectivity index is 2.10. The Morgan fingerprint density at radius 3 is 2.25 bits per heavy atom. The molecule has 0 radical (unpaired) electrons. The number of rotatable bonds is 6. The quantitative estimate of drug-likeness (QED) is 0.819. The lowest BCUT2D eigenvalue weighted by Gasteiger charge is -2.19. The molecule has 1 unspecified atom stereocenters. The van der Waals surface area contributed by atoms with Gasteiger partial charge in [-0.25, -0.2) is 0 Å². The van der Waals surface area contributed by atoms with Gasteiger partial charge in [-0.05, 0) is 17.5 Å². The normalized spacial score (nSPS) is 11.8. The third-order valence-electron chi connectivity index (χ3n) is 3.21. The lowest BCUT2D eigenvalue weighted by atomic mass is 9.99. The highest BCUT2D eigenvalue weighted by Gasteiger charge is 2.13. The van der Waals surface area contributed by atoms with Crippen LogP contribution >= 0.6 is 0 Å². The number of carbonyl (C=O) groups is 1. The van der Waals surface area contributed by atoms with Crippen molar-refractivity contribution in [2.24, 2.45) is 0 Å². The van der Waals surface area contributed by atoms with Gasteiger partial charge in [-0.15, -0.1) is 0 Å². The van der Waals surface area contributed by atoms with Crippen LogP contribution in [0.25, 0.3) is 0 Å². The predicted octanol–water partition coefficient (Wildman–Crippen LogP) is 2.73. The first-order valence-corrected chi connectivity index (χ1v) is 6.68. The standard InChI is InChI=1S/C17H19NO2/c1-20-17(19)13-18-16(15-10-6-3-7-11-15)12-14-8-4-2-5-9-14/h2-11,16,18H,12-13H2,1H3. The third-order valence-corrected chi connectivity index (χ3v) is 3.21. The molecular formula is C17H19NO2. The second-order valence-electron chi connectivity index (χ2n) is 4.61. The van der Waals surface area contributed by atoms with Crippen molar-refractivity contribution in [3.05, 3.63) is 71.8 Å². The number of hydrogen-bond acceptors (Lipinski definition) is 3. The van der Waals surface area contributed by atoms with Crippen molar-refractivity contribution in [1.82, 2.24) is 5.32 Å². The van der Waals surface area contributed by atoms with Gasteiger partial charge in [0.2, 0.25) is 0 Å². The van der Waals surface area contributed by atoms with Gasteiger partial charge >= 0.3 is 5.97 Å². The lowest BCUT2D eigenvalue weighted by molar-refractivity contribution is -0.139. The molecule has 0 fully saturated rings. The number of esters is 1. The Morgan fingerprint density at radius 1 is 1.05 bits per heavy atom. The van der Waals surface area contributed by atoms with Crippen molar-refractivity contribution < 1.29 is 9.53 Å². The van der Waals surface area contributed by atoms with Crippen molar-refractivity contribution in [1.29, 1.82) is 0 Å². The second kappa shape index (κ2) is 7.46. The SMILES string of the molecule is COC(=O)CNC(Cc1ccccc1)c1ccccc1. The molecule has 0 aliphatic rings. The molecule has 1 atom stereocenters. The largest absolute Gasteiger partial charge is 0.468 e. The van der Waals surface area contributed by atoms with Crippen molar-refractivity contribution in [2.75, 3.05) is 13.7 Å². The fraction of sp³-hybridized carbons (Fsp3) is 0.235. The third kappa shape index (κ3) is 4.21. The first-order chi connectivity index (χ1) is 9.79. The van der Waals surface area contributed by atoms with E-state index in [9.17, 15) is 4.79 Å². The van der Waals surface area contributed by atoms with Crippen LogP contribution in [0.1, 0.15) is 17.2 Å². The zero-order valence-electron chi connectivity index (χ0n) is 11.6. The molecule has 2 aromatic rings. The van der Waals surface area contributed by atoms with E-state index in [0.717, 1.165) is 6.42 Å². The highest BCUT2D eigenvalue weighted by atomic mass is 16.5. The van der Waals surface area contributed by atoms with Crippen LogP contribution in [0.3, 0.4) is 0 Å². The van der Waals surface area contributed by atoms with Crippen LogP contribution in [-0.4, -0.2) is 19.6 Å². The number of ether oxygens (including phenoxy) is 1. The summed E-state index contributed by atoms with van der Waals surface area (Å²) in [5.41, 5.74) is 2.40. The first-order valence-electron chi connectivity index (χ1n) is 6.68. The molecule has 1 N–H and O–H groups in total. The van der Waals surface area contributed by atoms with Gasteiger partial charge in [-0.1, -0.05) is 60.7 Å². The van der Waals surface area contributed by atoms with E-state index in [1.54, 1.807) is 0 Å². The van der Waals surface area contributed by atoms with Crippen molar-refractivity contribution in [3.8, 4) is 0 Å². The fourth-order valence-electron chi connectivity index (χ4n) is 2.12. The molecule has 0 heterocycles. The van der Waals surface area contributed by atoms with E-state index in [-0.39, 0.29) is 18.6 Å². The van der Waals surface area contributed by atoms with E-state index >= 15 is 0 Å². The Hall–Kier alpha value is -2.13.